The van der Waals surface area contributed by atoms with Gasteiger partial charge in [-0.3, -0.25) is 14.0 Å². The third kappa shape index (κ3) is 5.02. The standard InChI is InChI=1S/C31H34N6O2/c1-19(2)6-11-26(38)35-14-15-36(18-35)31-34-27(28-30(32)33-12-13-37(28)31)23-8-10-25(22(5)17-23)29(39)24-9-7-20(3)16-21(24)4/h6-13,16-17,19H,14-15,18H2,1-5H3,(H2,32,33)/b11-6+. The minimum Gasteiger partial charge on any atom is -0.382 e. The fourth-order valence-corrected chi connectivity index (χ4v) is 5.06. The number of amides is 1. The highest BCUT2D eigenvalue weighted by Gasteiger charge is 2.28. The predicted octanol–water partition coefficient (Wildman–Crippen LogP) is 4.95. The summed E-state index contributed by atoms with van der Waals surface area (Å²) in [5, 5.41) is 0. The molecule has 2 aromatic carbocycles. The van der Waals surface area contributed by atoms with Crippen LogP contribution >= 0.6 is 0 Å². The van der Waals surface area contributed by atoms with Gasteiger partial charge < -0.3 is 15.5 Å². The number of rotatable bonds is 6. The lowest BCUT2D eigenvalue weighted by Gasteiger charge is -2.17. The number of nitrogens with two attached hydrogens (primary N) is 1. The van der Waals surface area contributed by atoms with E-state index in [0.29, 0.717) is 59.8 Å². The van der Waals surface area contributed by atoms with E-state index in [4.69, 9.17) is 10.7 Å². The van der Waals surface area contributed by atoms with Crippen LogP contribution in [0.15, 0.2) is 60.9 Å². The summed E-state index contributed by atoms with van der Waals surface area (Å²) in [5.74, 6) is 1.37. The van der Waals surface area contributed by atoms with E-state index in [1.54, 1.807) is 12.3 Å². The molecule has 2 aromatic heterocycles. The molecule has 3 heterocycles. The lowest BCUT2D eigenvalue weighted by molar-refractivity contribution is -0.124. The Morgan fingerprint density at radius 2 is 1.72 bits per heavy atom. The monoisotopic (exact) mass is 522 g/mol. The van der Waals surface area contributed by atoms with E-state index in [-0.39, 0.29) is 11.7 Å². The van der Waals surface area contributed by atoms with E-state index in [2.05, 4.69) is 9.88 Å². The third-order valence-electron chi connectivity index (χ3n) is 7.13. The summed E-state index contributed by atoms with van der Waals surface area (Å²) in [4.78, 5) is 39.2. The minimum atomic E-state index is -0.00633. The van der Waals surface area contributed by atoms with Gasteiger partial charge in [0.15, 0.2) is 5.78 Å². The second kappa shape index (κ2) is 10.4. The van der Waals surface area contributed by atoms with Crippen LogP contribution in [0.4, 0.5) is 11.8 Å². The number of nitrogen functional groups attached to an aromatic ring is 1. The van der Waals surface area contributed by atoms with Crippen molar-refractivity contribution < 1.29 is 9.59 Å². The van der Waals surface area contributed by atoms with Crippen molar-refractivity contribution in [3.8, 4) is 11.3 Å². The number of aromatic nitrogens is 3. The van der Waals surface area contributed by atoms with Gasteiger partial charge in [0.25, 0.3) is 0 Å². The van der Waals surface area contributed by atoms with Crippen LogP contribution in [0.25, 0.3) is 16.8 Å². The fraction of sp³-hybridized carbons (Fsp3) is 0.290. The molecule has 0 atom stereocenters. The van der Waals surface area contributed by atoms with E-state index >= 15 is 0 Å². The zero-order valence-electron chi connectivity index (χ0n) is 23.1. The highest BCUT2D eigenvalue weighted by atomic mass is 16.2. The molecule has 0 aliphatic carbocycles. The molecular formula is C31H34N6O2. The number of fused-ring (bicyclic) bond motifs is 1. The molecular weight excluding hydrogens is 488 g/mol. The van der Waals surface area contributed by atoms with Crippen molar-refractivity contribution >= 4 is 29.0 Å². The van der Waals surface area contributed by atoms with Gasteiger partial charge in [-0.2, -0.15) is 0 Å². The Bertz CT molecular complexity index is 1620. The molecule has 1 aliphatic rings. The number of carbonyl (C=O) groups is 2. The Labute approximate surface area is 228 Å². The molecule has 0 bridgehead atoms. The van der Waals surface area contributed by atoms with Crippen molar-refractivity contribution in [3.05, 3.63) is 88.8 Å². The van der Waals surface area contributed by atoms with E-state index in [1.807, 2.05) is 92.6 Å². The number of carbonyl (C=O) groups excluding carboxylic acids is 2. The number of nitrogens with zero attached hydrogens (tertiary/aromatic N) is 5. The zero-order valence-corrected chi connectivity index (χ0v) is 23.1. The molecule has 4 aromatic rings. The van der Waals surface area contributed by atoms with Gasteiger partial charge in [-0.05, 0) is 50.0 Å². The molecule has 2 N–H and O–H groups in total. The van der Waals surface area contributed by atoms with E-state index in [9.17, 15) is 9.59 Å². The van der Waals surface area contributed by atoms with Crippen LogP contribution in [0, 0.1) is 26.7 Å². The Morgan fingerprint density at radius 1 is 1.00 bits per heavy atom. The first-order chi connectivity index (χ1) is 18.6. The molecule has 0 spiro atoms. The number of benzene rings is 2. The maximum absolute atomic E-state index is 13.4. The van der Waals surface area contributed by atoms with Gasteiger partial charge >= 0.3 is 0 Å². The summed E-state index contributed by atoms with van der Waals surface area (Å²) in [7, 11) is 0. The SMILES string of the molecule is Cc1ccc(C(=O)c2ccc(-c3nc(N4CCN(C(=O)/C=C/C(C)C)C4)n4ccnc(N)c34)cc2C)c(C)c1. The maximum Gasteiger partial charge on any atom is 0.247 e. The topological polar surface area (TPSA) is 96.8 Å². The van der Waals surface area contributed by atoms with Gasteiger partial charge in [0.1, 0.15) is 17.0 Å². The lowest BCUT2D eigenvalue weighted by Crippen LogP contribution is -2.30. The Kier molecular flexibility index (Phi) is 6.95. The van der Waals surface area contributed by atoms with Crippen molar-refractivity contribution in [2.45, 2.75) is 34.6 Å². The molecule has 5 rings (SSSR count). The second-order valence-corrected chi connectivity index (χ2v) is 10.6. The first-order valence-electron chi connectivity index (χ1n) is 13.2. The van der Waals surface area contributed by atoms with E-state index < -0.39 is 0 Å². The molecule has 1 amide bonds. The Hall–Kier alpha value is -4.46. The van der Waals surface area contributed by atoms with Crippen LogP contribution in [0.5, 0.6) is 0 Å². The number of imidazole rings is 1. The fourth-order valence-electron chi connectivity index (χ4n) is 5.06. The average molecular weight is 523 g/mol. The average Bonchev–Trinajstić information content (AvgIpc) is 3.53. The molecule has 0 radical (unpaired) electrons. The van der Waals surface area contributed by atoms with E-state index in [1.165, 1.54) is 0 Å². The second-order valence-electron chi connectivity index (χ2n) is 10.6. The Balaban J connectivity index is 1.49. The lowest BCUT2D eigenvalue weighted by atomic mass is 9.93. The van der Waals surface area contributed by atoms with Gasteiger partial charge in [0, 0.05) is 42.2 Å². The summed E-state index contributed by atoms with van der Waals surface area (Å²) in [6.07, 6.45) is 7.05. The third-order valence-corrected chi connectivity index (χ3v) is 7.13. The van der Waals surface area contributed by atoms with Crippen LogP contribution < -0.4 is 10.6 Å². The molecule has 0 saturated carbocycles. The first-order valence-corrected chi connectivity index (χ1v) is 13.2. The normalized spacial score (nSPS) is 13.8. The molecule has 1 saturated heterocycles. The zero-order chi connectivity index (χ0) is 27.8. The summed E-state index contributed by atoms with van der Waals surface area (Å²) in [6.45, 7) is 11.7. The van der Waals surface area contributed by atoms with Gasteiger partial charge in [-0.1, -0.05) is 55.8 Å². The van der Waals surface area contributed by atoms with Gasteiger partial charge in [-0.15, -0.1) is 0 Å². The summed E-state index contributed by atoms with van der Waals surface area (Å²) in [6, 6.07) is 11.6. The summed E-state index contributed by atoms with van der Waals surface area (Å²) >= 11 is 0. The van der Waals surface area contributed by atoms with Crippen LogP contribution in [0.1, 0.15) is 46.5 Å². The van der Waals surface area contributed by atoms with Gasteiger partial charge in [0.2, 0.25) is 11.9 Å². The molecule has 8 nitrogen and oxygen atoms in total. The van der Waals surface area contributed by atoms with Gasteiger partial charge in [-0.25, -0.2) is 9.97 Å². The van der Waals surface area contributed by atoms with Gasteiger partial charge in [0.05, 0.1) is 6.67 Å². The largest absolute Gasteiger partial charge is 0.382 e. The number of allylic oxidation sites excluding steroid dienone is 1. The predicted molar refractivity (Wildman–Crippen MR) is 155 cm³/mol. The van der Waals surface area contributed by atoms with Crippen molar-refractivity contribution in [3.63, 3.8) is 0 Å². The summed E-state index contributed by atoms with van der Waals surface area (Å²) in [5.41, 5.74) is 12.9. The maximum atomic E-state index is 13.4. The van der Waals surface area contributed by atoms with Crippen LogP contribution in [0.3, 0.4) is 0 Å². The summed E-state index contributed by atoms with van der Waals surface area (Å²) < 4.78 is 1.93. The first kappa shape index (κ1) is 26.2. The Morgan fingerprint density at radius 3 is 2.41 bits per heavy atom. The minimum absolute atomic E-state index is 0.00135. The highest BCUT2D eigenvalue weighted by Crippen LogP contribution is 2.33. The molecule has 39 heavy (non-hydrogen) atoms. The van der Waals surface area contributed by atoms with Crippen molar-refractivity contribution in [1.82, 2.24) is 19.3 Å². The molecule has 200 valence electrons. The number of ketones is 1. The van der Waals surface area contributed by atoms with Crippen LogP contribution in [-0.2, 0) is 4.79 Å². The van der Waals surface area contributed by atoms with Crippen LogP contribution in [-0.4, -0.2) is 50.7 Å². The molecule has 1 aliphatic heterocycles. The number of hydrogen-bond donors (Lipinski definition) is 1. The molecule has 8 heteroatoms. The van der Waals surface area contributed by atoms with E-state index in [0.717, 1.165) is 22.3 Å². The molecule has 0 unspecified atom stereocenters. The number of anilines is 2. The van der Waals surface area contributed by atoms with Crippen molar-refractivity contribution in [2.75, 3.05) is 30.4 Å². The molecule has 1 fully saturated rings. The van der Waals surface area contributed by atoms with Crippen molar-refractivity contribution in [2.24, 2.45) is 5.92 Å². The highest BCUT2D eigenvalue weighted by molar-refractivity contribution is 6.11. The van der Waals surface area contributed by atoms with Crippen LogP contribution in [0.2, 0.25) is 0 Å². The quantitative estimate of drug-likeness (QED) is 0.284. The number of aryl methyl sites for hydroxylation is 3. The smallest absolute Gasteiger partial charge is 0.247 e. The number of hydrogen-bond acceptors (Lipinski definition) is 6. The van der Waals surface area contributed by atoms with Crippen molar-refractivity contribution in [1.29, 1.82) is 0 Å².